The van der Waals surface area contributed by atoms with E-state index in [1.54, 1.807) is 19.9 Å². The topological polar surface area (TPSA) is 125 Å². The van der Waals surface area contributed by atoms with E-state index < -0.39 is 15.8 Å². The molecule has 9 nitrogen and oxygen atoms in total. The SMILES string of the molecule is Cc1ccc(NC(=O)COc2ccc([N+](=O)[O-])c(C)c2)c([N+](=O)[O-])c1. The van der Waals surface area contributed by atoms with Gasteiger partial charge in [-0.25, -0.2) is 0 Å². The molecule has 1 N–H and O–H groups in total. The minimum Gasteiger partial charge on any atom is -0.484 e. The van der Waals surface area contributed by atoms with E-state index in [9.17, 15) is 25.0 Å². The van der Waals surface area contributed by atoms with Crippen LogP contribution in [0.3, 0.4) is 0 Å². The minimum atomic E-state index is -0.581. The lowest BCUT2D eigenvalue weighted by molar-refractivity contribution is -0.385. The first kappa shape index (κ1) is 17.9. The van der Waals surface area contributed by atoms with Gasteiger partial charge in [0.05, 0.1) is 9.85 Å². The molecule has 0 atom stereocenters. The Hall–Kier alpha value is -3.49. The van der Waals surface area contributed by atoms with Gasteiger partial charge in [0, 0.05) is 17.7 Å². The number of ether oxygens (including phenoxy) is 1. The zero-order valence-corrected chi connectivity index (χ0v) is 13.5. The fraction of sp³-hybridized carbons (Fsp3) is 0.188. The van der Waals surface area contributed by atoms with Crippen molar-refractivity contribution in [3.05, 3.63) is 67.8 Å². The van der Waals surface area contributed by atoms with E-state index in [1.807, 2.05) is 0 Å². The molecule has 0 bridgehead atoms. The van der Waals surface area contributed by atoms with E-state index >= 15 is 0 Å². The van der Waals surface area contributed by atoms with Crippen molar-refractivity contribution in [3.63, 3.8) is 0 Å². The third kappa shape index (κ3) is 4.50. The summed E-state index contributed by atoms with van der Waals surface area (Å²) in [5.41, 5.74) is 0.912. The van der Waals surface area contributed by atoms with Crippen molar-refractivity contribution >= 4 is 23.0 Å². The van der Waals surface area contributed by atoms with Crippen LogP contribution in [-0.2, 0) is 4.79 Å². The molecule has 2 rings (SSSR count). The average Bonchev–Trinajstić information content (AvgIpc) is 2.54. The molecule has 0 spiro atoms. The monoisotopic (exact) mass is 345 g/mol. The molecular weight excluding hydrogens is 330 g/mol. The van der Waals surface area contributed by atoms with Crippen molar-refractivity contribution in [3.8, 4) is 5.75 Å². The summed E-state index contributed by atoms with van der Waals surface area (Å²) in [4.78, 5) is 32.6. The van der Waals surface area contributed by atoms with Crippen LogP contribution < -0.4 is 10.1 Å². The summed E-state index contributed by atoms with van der Waals surface area (Å²) >= 11 is 0. The number of benzene rings is 2. The molecular formula is C16H15N3O6. The van der Waals surface area contributed by atoms with Crippen molar-refractivity contribution in [2.45, 2.75) is 13.8 Å². The van der Waals surface area contributed by atoms with Gasteiger partial charge in [0.25, 0.3) is 17.3 Å². The molecule has 0 fully saturated rings. The van der Waals surface area contributed by atoms with Crippen molar-refractivity contribution in [1.29, 1.82) is 0 Å². The highest BCUT2D eigenvalue weighted by Gasteiger charge is 2.16. The number of nitro benzene ring substituents is 2. The van der Waals surface area contributed by atoms with E-state index in [4.69, 9.17) is 4.74 Å². The predicted octanol–water partition coefficient (Wildman–Crippen LogP) is 3.14. The lowest BCUT2D eigenvalue weighted by Gasteiger charge is -2.09. The van der Waals surface area contributed by atoms with Gasteiger partial charge < -0.3 is 10.1 Å². The van der Waals surface area contributed by atoms with Gasteiger partial charge in [-0.05, 0) is 37.6 Å². The molecule has 0 heterocycles. The van der Waals surface area contributed by atoms with Crippen LogP contribution in [0.1, 0.15) is 11.1 Å². The Labute approximate surface area is 142 Å². The summed E-state index contributed by atoms with van der Waals surface area (Å²) in [6, 6.07) is 8.56. The second kappa shape index (κ2) is 7.39. The summed E-state index contributed by atoms with van der Waals surface area (Å²) < 4.78 is 5.28. The molecule has 0 saturated heterocycles. The molecule has 9 heteroatoms. The Kier molecular flexibility index (Phi) is 5.28. The van der Waals surface area contributed by atoms with Crippen molar-refractivity contribution in [2.24, 2.45) is 0 Å². The molecule has 0 aliphatic heterocycles. The smallest absolute Gasteiger partial charge is 0.293 e. The normalized spacial score (nSPS) is 10.2. The zero-order valence-electron chi connectivity index (χ0n) is 13.5. The maximum absolute atomic E-state index is 11.9. The van der Waals surface area contributed by atoms with Crippen molar-refractivity contribution < 1.29 is 19.4 Å². The zero-order chi connectivity index (χ0) is 18.6. The van der Waals surface area contributed by atoms with Crippen LogP contribution in [0.5, 0.6) is 5.75 Å². The molecule has 0 radical (unpaired) electrons. The molecule has 0 aliphatic carbocycles. The fourth-order valence-corrected chi connectivity index (χ4v) is 2.16. The number of rotatable bonds is 6. The Bertz CT molecular complexity index is 850. The number of nitro groups is 2. The first-order chi connectivity index (χ1) is 11.8. The number of carbonyl (C=O) groups is 1. The lowest BCUT2D eigenvalue weighted by Crippen LogP contribution is -2.20. The van der Waals surface area contributed by atoms with Crippen LogP contribution in [0, 0.1) is 34.1 Å². The number of nitrogens with zero attached hydrogens (tertiary/aromatic N) is 2. The Morgan fingerprint density at radius 3 is 2.32 bits per heavy atom. The Morgan fingerprint density at radius 2 is 1.72 bits per heavy atom. The Morgan fingerprint density at radius 1 is 1.04 bits per heavy atom. The van der Waals surface area contributed by atoms with Gasteiger partial charge in [-0.2, -0.15) is 0 Å². The van der Waals surface area contributed by atoms with Crippen molar-refractivity contribution in [1.82, 2.24) is 0 Å². The number of anilines is 1. The van der Waals surface area contributed by atoms with Crippen LogP contribution in [-0.4, -0.2) is 22.4 Å². The average molecular weight is 345 g/mol. The molecule has 2 aromatic rings. The van der Waals surface area contributed by atoms with Crippen LogP contribution in [0.15, 0.2) is 36.4 Å². The quantitative estimate of drug-likeness (QED) is 0.633. The molecule has 1 amide bonds. The number of aryl methyl sites for hydroxylation is 2. The molecule has 0 unspecified atom stereocenters. The van der Waals surface area contributed by atoms with Gasteiger partial charge in [0.15, 0.2) is 6.61 Å². The summed E-state index contributed by atoms with van der Waals surface area (Å²) in [6.07, 6.45) is 0. The summed E-state index contributed by atoms with van der Waals surface area (Å²) in [5, 5.41) is 24.2. The lowest BCUT2D eigenvalue weighted by atomic mass is 10.2. The molecule has 25 heavy (non-hydrogen) atoms. The van der Waals surface area contributed by atoms with Gasteiger partial charge in [-0.1, -0.05) is 6.07 Å². The van der Waals surface area contributed by atoms with E-state index in [0.29, 0.717) is 11.1 Å². The van der Waals surface area contributed by atoms with Crippen LogP contribution >= 0.6 is 0 Å². The molecule has 0 saturated carbocycles. The number of carbonyl (C=O) groups excluding carboxylic acids is 1. The maximum Gasteiger partial charge on any atom is 0.293 e. The van der Waals surface area contributed by atoms with E-state index in [1.165, 1.54) is 30.3 Å². The van der Waals surface area contributed by atoms with Crippen LogP contribution in [0.2, 0.25) is 0 Å². The summed E-state index contributed by atoms with van der Waals surface area (Å²) in [6.45, 7) is 2.88. The standard InChI is InChI=1S/C16H15N3O6/c1-10-3-5-13(15(7-10)19(23)24)17-16(20)9-25-12-4-6-14(18(21)22)11(2)8-12/h3-8H,9H2,1-2H3,(H,17,20). The van der Waals surface area contributed by atoms with E-state index in [-0.39, 0.29) is 29.4 Å². The summed E-state index contributed by atoms with van der Waals surface area (Å²) in [7, 11) is 0. The Balaban J connectivity index is 2.03. The second-order valence-corrected chi connectivity index (χ2v) is 5.32. The molecule has 2 aromatic carbocycles. The predicted molar refractivity (Wildman–Crippen MR) is 89.8 cm³/mol. The number of nitrogens with one attached hydrogen (secondary N) is 1. The summed E-state index contributed by atoms with van der Waals surface area (Å²) in [5.74, 6) is -0.292. The van der Waals surface area contributed by atoms with Gasteiger partial charge in [0.2, 0.25) is 0 Å². The highest BCUT2D eigenvalue weighted by atomic mass is 16.6. The van der Waals surface area contributed by atoms with Crippen LogP contribution in [0.25, 0.3) is 0 Å². The van der Waals surface area contributed by atoms with Gasteiger partial charge >= 0.3 is 0 Å². The highest BCUT2D eigenvalue weighted by molar-refractivity contribution is 5.94. The number of hydrogen-bond acceptors (Lipinski definition) is 6. The maximum atomic E-state index is 11.9. The van der Waals surface area contributed by atoms with Crippen molar-refractivity contribution in [2.75, 3.05) is 11.9 Å². The fourth-order valence-electron chi connectivity index (χ4n) is 2.16. The number of hydrogen-bond donors (Lipinski definition) is 1. The molecule has 0 aliphatic rings. The highest BCUT2D eigenvalue weighted by Crippen LogP contribution is 2.26. The molecule has 0 aromatic heterocycles. The van der Waals surface area contributed by atoms with E-state index in [2.05, 4.69) is 5.32 Å². The van der Waals surface area contributed by atoms with E-state index in [0.717, 1.165) is 0 Å². The minimum absolute atomic E-state index is 0.0490. The van der Waals surface area contributed by atoms with Gasteiger partial charge in [-0.15, -0.1) is 0 Å². The number of amides is 1. The first-order valence-electron chi connectivity index (χ1n) is 7.20. The third-order valence-electron chi connectivity index (χ3n) is 3.36. The molecule has 130 valence electrons. The second-order valence-electron chi connectivity index (χ2n) is 5.32. The first-order valence-corrected chi connectivity index (χ1v) is 7.20. The van der Waals surface area contributed by atoms with Gasteiger partial charge in [-0.3, -0.25) is 25.0 Å². The third-order valence-corrected chi connectivity index (χ3v) is 3.36. The van der Waals surface area contributed by atoms with Gasteiger partial charge in [0.1, 0.15) is 11.4 Å². The van der Waals surface area contributed by atoms with Crippen LogP contribution in [0.4, 0.5) is 17.1 Å². The largest absolute Gasteiger partial charge is 0.484 e.